The Balaban J connectivity index is 2.41. The van der Waals surface area contributed by atoms with E-state index < -0.39 is 0 Å². The Morgan fingerprint density at radius 3 is 2.72 bits per heavy atom. The van der Waals surface area contributed by atoms with E-state index in [4.69, 9.17) is 0 Å². The number of rotatable bonds is 6. The van der Waals surface area contributed by atoms with Crippen LogP contribution in [-0.2, 0) is 0 Å². The summed E-state index contributed by atoms with van der Waals surface area (Å²) in [5.41, 5.74) is 0.892. The first-order chi connectivity index (χ1) is 8.77. The molecular weight excluding hydrogens is 228 g/mol. The molecule has 3 N–H and O–H groups in total. The predicted octanol–water partition coefficient (Wildman–Crippen LogP) is 1.99. The Kier molecular flexibility index (Phi) is 6.58. The van der Waals surface area contributed by atoms with Gasteiger partial charge in [-0.3, -0.25) is 0 Å². The lowest BCUT2D eigenvalue weighted by molar-refractivity contribution is 0.217. The minimum absolute atomic E-state index is 0.119. The molecule has 0 radical (unpaired) electrons. The van der Waals surface area contributed by atoms with Crippen molar-refractivity contribution in [1.82, 2.24) is 10.6 Å². The number of aliphatic hydroxyl groups excluding tert-OH is 1. The highest BCUT2D eigenvalue weighted by Gasteiger charge is 2.12. The van der Waals surface area contributed by atoms with Crippen LogP contribution in [-0.4, -0.2) is 24.3 Å². The molecule has 0 aliphatic carbocycles. The SMILES string of the molecule is C/C=C/CCNC(=O)NC(CO)c1ccccc1. The molecule has 18 heavy (non-hydrogen) atoms. The summed E-state index contributed by atoms with van der Waals surface area (Å²) in [6.45, 7) is 2.41. The molecule has 1 aromatic rings. The Morgan fingerprint density at radius 2 is 2.11 bits per heavy atom. The minimum Gasteiger partial charge on any atom is -0.394 e. The second kappa shape index (κ2) is 8.31. The summed E-state index contributed by atoms with van der Waals surface area (Å²) in [7, 11) is 0. The summed E-state index contributed by atoms with van der Waals surface area (Å²) in [6.07, 6.45) is 4.74. The average molecular weight is 248 g/mol. The molecule has 1 aromatic carbocycles. The molecular formula is C14H20N2O2. The molecule has 1 rings (SSSR count). The first-order valence-corrected chi connectivity index (χ1v) is 6.09. The van der Waals surface area contributed by atoms with Crippen molar-refractivity contribution in [1.29, 1.82) is 0 Å². The molecule has 0 aromatic heterocycles. The maximum Gasteiger partial charge on any atom is 0.315 e. The second-order valence-corrected chi connectivity index (χ2v) is 3.90. The highest BCUT2D eigenvalue weighted by Crippen LogP contribution is 2.10. The molecule has 1 atom stereocenters. The summed E-state index contributed by atoms with van der Waals surface area (Å²) in [5, 5.41) is 14.8. The summed E-state index contributed by atoms with van der Waals surface area (Å²) in [5.74, 6) is 0. The number of benzene rings is 1. The van der Waals surface area contributed by atoms with Gasteiger partial charge in [-0.2, -0.15) is 0 Å². The maximum absolute atomic E-state index is 11.6. The zero-order valence-corrected chi connectivity index (χ0v) is 10.6. The van der Waals surface area contributed by atoms with Crippen LogP contribution in [0, 0.1) is 0 Å². The average Bonchev–Trinajstić information content (AvgIpc) is 2.42. The number of nitrogens with one attached hydrogen (secondary N) is 2. The van der Waals surface area contributed by atoms with Crippen LogP contribution in [0.15, 0.2) is 42.5 Å². The monoisotopic (exact) mass is 248 g/mol. The smallest absolute Gasteiger partial charge is 0.315 e. The van der Waals surface area contributed by atoms with Crippen LogP contribution in [0.5, 0.6) is 0 Å². The summed E-state index contributed by atoms with van der Waals surface area (Å²) < 4.78 is 0. The summed E-state index contributed by atoms with van der Waals surface area (Å²) >= 11 is 0. The number of carbonyl (C=O) groups is 1. The summed E-state index contributed by atoms with van der Waals surface area (Å²) in [4.78, 5) is 11.6. The highest BCUT2D eigenvalue weighted by molar-refractivity contribution is 5.74. The van der Waals surface area contributed by atoms with Gasteiger partial charge in [-0.05, 0) is 18.9 Å². The lowest BCUT2D eigenvalue weighted by atomic mass is 10.1. The van der Waals surface area contributed by atoms with Crippen molar-refractivity contribution in [2.75, 3.05) is 13.2 Å². The molecule has 0 fully saturated rings. The largest absolute Gasteiger partial charge is 0.394 e. The Hall–Kier alpha value is -1.81. The van der Waals surface area contributed by atoms with Gasteiger partial charge in [0.25, 0.3) is 0 Å². The van der Waals surface area contributed by atoms with Crippen molar-refractivity contribution in [2.45, 2.75) is 19.4 Å². The van der Waals surface area contributed by atoms with Gasteiger partial charge in [0.1, 0.15) is 0 Å². The number of amides is 2. The minimum atomic E-state index is -0.368. The van der Waals surface area contributed by atoms with Gasteiger partial charge in [0, 0.05) is 6.54 Å². The van der Waals surface area contributed by atoms with Gasteiger partial charge < -0.3 is 15.7 Å². The van der Waals surface area contributed by atoms with E-state index in [-0.39, 0.29) is 18.7 Å². The van der Waals surface area contributed by atoms with Crippen LogP contribution in [0.1, 0.15) is 24.9 Å². The fourth-order valence-electron chi connectivity index (χ4n) is 1.56. The second-order valence-electron chi connectivity index (χ2n) is 3.90. The van der Waals surface area contributed by atoms with Gasteiger partial charge in [0.15, 0.2) is 0 Å². The van der Waals surface area contributed by atoms with E-state index in [0.29, 0.717) is 6.54 Å². The fraction of sp³-hybridized carbons (Fsp3) is 0.357. The van der Waals surface area contributed by atoms with E-state index >= 15 is 0 Å². The van der Waals surface area contributed by atoms with Gasteiger partial charge in [-0.1, -0.05) is 42.5 Å². The topological polar surface area (TPSA) is 61.4 Å². The Bertz CT molecular complexity index is 377. The molecule has 4 nitrogen and oxygen atoms in total. The standard InChI is InChI=1S/C14H20N2O2/c1-2-3-7-10-15-14(18)16-13(11-17)12-8-5-4-6-9-12/h2-6,8-9,13,17H,7,10-11H2,1H3,(H2,15,16,18)/b3-2+. The number of hydrogen-bond acceptors (Lipinski definition) is 2. The molecule has 0 aliphatic rings. The molecule has 1 unspecified atom stereocenters. The zero-order chi connectivity index (χ0) is 13.2. The molecule has 0 bridgehead atoms. The molecule has 0 saturated carbocycles. The maximum atomic E-state index is 11.6. The van der Waals surface area contributed by atoms with E-state index in [2.05, 4.69) is 10.6 Å². The van der Waals surface area contributed by atoms with Crippen LogP contribution in [0.25, 0.3) is 0 Å². The van der Waals surface area contributed by atoms with Crippen molar-refractivity contribution in [2.24, 2.45) is 0 Å². The van der Waals surface area contributed by atoms with E-state index in [1.807, 2.05) is 49.4 Å². The van der Waals surface area contributed by atoms with E-state index in [0.717, 1.165) is 12.0 Å². The van der Waals surface area contributed by atoms with E-state index in [1.165, 1.54) is 0 Å². The quantitative estimate of drug-likeness (QED) is 0.532. The third kappa shape index (κ3) is 5.01. The number of urea groups is 1. The molecule has 0 spiro atoms. The van der Waals surface area contributed by atoms with Gasteiger partial charge in [-0.25, -0.2) is 4.79 Å². The van der Waals surface area contributed by atoms with Crippen molar-refractivity contribution in [3.8, 4) is 0 Å². The first kappa shape index (κ1) is 14.3. The summed E-state index contributed by atoms with van der Waals surface area (Å²) in [6, 6.07) is 8.78. The Morgan fingerprint density at radius 1 is 1.39 bits per heavy atom. The predicted molar refractivity (Wildman–Crippen MR) is 72.2 cm³/mol. The number of hydrogen-bond donors (Lipinski definition) is 3. The zero-order valence-electron chi connectivity index (χ0n) is 10.6. The van der Waals surface area contributed by atoms with Crippen LogP contribution in [0.2, 0.25) is 0 Å². The van der Waals surface area contributed by atoms with Gasteiger partial charge in [-0.15, -0.1) is 0 Å². The van der Waals surface area contributed by atoms with Crippen molar-refractivity contribution < 1.29 is 9.90 Å². The van der Waals surface area contributed by atoms with E-state index in [1.54, 1.807) is 0 Å². The van der Waals surface area contributed by atoms with Gasteiger partial charge in [0.05, 0.1) is 12.6 Å². The molecule has 0 heterocycles. The van der Waals surface area contributed by atoms with Gasteiger partial charge >= 0.3 is 6.03 Å². The highest BCUT2D eigenvalue weighted by atomic mass is 16.3. The number of aliphatic hydroxyl groups is 1. The van der Waals surface area contributed by atoms with Crippen molar-refractivity contribution in [3.63, 3.8) is 0 Å². The number of carbonyl (C=O) groups excluding carboxylic acids is 1. The van der Waals surface area contributed by atoms with Crippen LogP contribution in [0.3, 0.4) is 0 Å². The molecule has 98 valence electrons. The molecule has 2 amide bonds. The van der Waals surface area contributed by atoms with Crippen molar-refractivity contribution in [3.05, 3.63) is 48.0 Å². The normalized spacial score (nSPS) is 12.3. The third-order valence-corrected chi connectivity index (χ3v) is 2.52. The first-order valence-electron chi connectivity index (χ1n) is 6.09. The lowest BCUT2D eigenvalue weighted by Crippen LogP contribution is -2.39. The number of allylic oxidation sites excluding steroid dienone is 1. The molecule has 4 heteroatoms. The van der Waals surface area contributed by atoms with E-state index in [9.17, 15) is 9.90 Å². The molecule has 0 aliphatic heterocycles. The van der Waals surface area contributed by atoms with Gasteiger partial charge in [0.2, 0.25) is 0 Å². The van der Waals surface area contributed by atoms with Crippen molar-refractivity contribution >= 4 is 6.03 Å². The van der Waals surface area contributed by atoms with Crippen LogP contribution >= 0.6 is 0 Å². The van der Waals surface area contributed by atoms with Crippen LogP contribution in [0.4, 0.5) is 4.79 Å². The Labute approximate surface area is 108 Å². The molecule has 0 saturated heterocycles. The fourth-order valence-corrected chi connectivity index (χ4v) is 1.56. The lowest BCUT2D eigenvalue weighted by Gasteiger charge is -2.17. The third-order valence-electron chi connectivity index (χ3n) is 2.52. The van der Waals surface area contributed by atoms with Crippen LogP contribution < -0.4 is 10.6 Å².